The summed E-state index contributed by atoms with van der Waals surface area (Å²) in [6.07, 6.45) is 2.68. The SMILES string of the molecule is CCNC(=NCc1ccccc1CN1CCN(CC)CC1)NCC1CCCS1. The van der Waals surface area contributed by atoms with Crippen LogP contribution >= 0.6 is 11.8 Å². The van der Waals surface area contributed by atoms with Crippen molar-refractivity contribution in [3.8, 4) is 0 Å². The maximum Gasteiger partial charge on any atom is 0.191 e. The Labute approximate surface area is 175 Å². The molecule has 0 spiro atoms. The number of thioether (sulfide) groups is 1. The van der Waals surface area contributed by atoms with Crippen molar-refractivity contribution in [2.24, 2.45) is 4.99 Å². The van der Waals surface area contributed by atoms with Crippen molar-refractivity contribution in [3.63, 3.8) is 0 Å². The second-order valence-electron chi connectivity index (χ2n) is 7.69. The van der Waals surface area contributed by atoms with E-state index in [0.717, 1.165) is 50.5 Å². The van der Waals surface area contributed by atoms with Crippen LogP contribution in [-0.4, -0.2) is 72.6 Å². The van der Waals surface area contributed by atoms with E-state index in [2.05, 4.69) is 70.3 Å². The van der Waals surface area contributed by atoms with Gasteiger partial charge >= 0.3 is 0 Å². The molecule has 0 amide bonds. The summed E-state index contributed by atoms with van der Waals surface area (Å²) in [6.45, 7) is 13.9. The Bertz CT molecular complexity index is 607. The molecule has 1 aromatic rings. The Balaban J connectivity index is 1.56. The van der Waals surface area contributed by atoms with Gasteiger partial charge in [0.05, 0.1) is 6.54 Å². The summed E-state index contributed by atoms with van der Waals surface area (Å²) in [5, 5.41) is 7.68. The van der Waals surface area contributed by atoms with E-state index in [1.54, 1.807) is 0 Å². The minimum atomic E-state index is 0.734. The predicted octanol–water partition coefficient (Wildman–Crippen LogP) is 2.77. The second-order valence-corrected chi connectivity index (χ2v) is 9.10. The highest BCUT2D eigenvalue weighted by Crippen LogP contribution is 2.25. The van der Waals surface area contributed by atoms with Crippen LogP contribution in [0.4, 0.5) is 0 Å². The molecule has 3 rings (SSSR count). The van der Waals surface area contributed by atoms with Crippen molar-refractivity contribution >= 4 is 17.7 Å². The molecule has 0 bridgehead atoms. The Morgan fingerprint density at radius 1 is 1.07 bits per heavy atom. The normalized spacial score (nSPS) is 21.8. The van der Waals surface area contributed by atoms with Crippen molar-refractivity contribution in [1.29, 1.82) is 0 Å². The quantitative estimate of drug-likeness (QED) is 0.516. The van der Waals surface area contributed by atoms with Gasteiger partial charge in [-0.2, -0.15) is 11.8 Å². The molecule has 0 radical (unpaired) electrons. The van der Waals surface area contributed by atoms with Gasteiger partial charge in [-0.05, 0) is 43.2 Å². The van der Waals surface area contributed by atoms with Gasteiger partial charge in [-0.25, -0.2) is 4.99 Å². The maximum absolute atomic E-state index is 4.88. The first-order valence-corrected chi connectivity index (χ1v) is 12.0. The highest BCUT2D eigenvalue weighted by atomic mass is 32.2. The summed E-state index contributed by atoms with van der Waals surface area (Å²) in [7, 11) is 0. The summed E-state index contributed by atoms with van der Waals surface area (Å²) in [4.78, 5) is 9.99. The topological polar surface area (TPSA) is 42.9 Å². The summed E-state index contributed by atoms with van der Waals surface area (Å²) in [6, 6.07) is 8.80. The average Bonchev–Trinajstić information content (AvgIpc) is 3.25. The fraction of sp³-hybridized carbons (Fsp3) is 0.682. The van der Waals surface area contributed by atoms with Crippen LogP contribution in [0, 0.1) is 0 Å². The number of benzene rings is 1. The van der Waals surface area contributed by atoms with E-state index >= 15 is 0 Å². The molecule has 6 heteroatoms. The maximum atomic E-state index is 4.88. The van der Waals surface area contributed by atoms with Gasteiger partial charge in [-0.1, -0.05) is 31.2 Å². The van der Waals surface area contributed by atoms with E-state index in [1.807, 2.05) is 0 Å². The molecule has 5 nitrogen and oxygen atoms in total. The zero-order chi connectivity index (χ0) is 19.6. The summed E-state index contributed by atoms with van der Waals surface area (Å²) < 4.78 is 0. The lowest BCUT2D eigenvalue weighted by atomic mass is 10.1. The molecule has 1 aromatic carbocycles. The van der Waals surface area contributed by atoms with Crippen molar-refractivity contribution in [1.82, 2.24) is 20.4 Å². The van der Waals surface area contributed by atoms with Crippen LogP contribution in [0.2, 0.25) is 0 Å². The number of hydrogen-bond acceptors (Lipinski definition) is 4. The van der Waals surface area contributed by atoms with E-state index in [0.29, 0.717) is 0 Å². The molecule has 2 aliphatic heterocycles. The highest BCUT2D eigenvalue weighted by molar-refractivity contribution is 8.00. The fourth-order valence-corrected chi connectivity index (χ4v) is 5.09. The highest BCUT2D eigenvalue weighted by Gasteiger charge is 2.17. The lowest BCUT2D eigenvalue weighted by molar-refractivity contribution is 0.131. The molecule has 2 N–H and O–H groups in total. The number of rotatable bonds is 8. The van der Waals surface area contributed by atoms with Gasteiger partial charge in [-0.3, -0.25) is 4.90 Å². The van der Waals surface area contributed by atoms with Gasteiger partial charge in [0.2, 0.25) is 0 Å². The third-order valence-electron chi connectivity index (χ3n) is 5.70. The number of nitrogens with zero attached hydrogens (tertiary/aromatic N) is 3. The summed E-state index contributed by atoms with van der Waals surface area (Å²) in [5.41, 5.74) is 2.76. The largest absolute Gasteiger partial charge is 0.357 e. The molecule has 1 atom stereocenters. The number of aliphatic imine (C=N–C) groups is 1. The molecule has 0 aromatic heterocycles. The molecule has 1 unspecified atom stereocenters. The Morgan fingerprint density at radius 3 is 2.50 bits per heavy atom. The molecule has 0 aliphatic carbocycles. The minimum Gasteiger partial charge on any atom is -0.357 e. The van der Waals surface area contributed by atoms with Crippen LogP contribution in [0.3, 0.4) is 0 Å². The molecule has 156 valence electrons. The zero-order valence-electron chi connectivity index (χ0n) is 17.6. The standard InChI is InChI=1S/C22H37N5S/c1-3-23-22(25-17-21-10-7-15-28-21)24-16-19-8-5-6-9-20(19)18-27-13-11-26(4-2)12-14-27/h5-6,8-9,21H,3-4,7,10-18H2,1-2H3,(H2,23,24,25). The Hall–Kier alpha value is -1.24. The Kier molecular flexibility index (Phi) is 8.96. The smallest absolute Gasteiger partial charge is 0.191 e. The predicted molar refractivity (Wildman–Crippen MR) is 122 cm³/mol. The average molecular weight is 404 g/mol. The van der Waals surface area contributed by atoms with E-state index in [9.17, 15) is 0 Å². The first kappa shape index (κ1) is 21.5. The van der Waals surface area contributed by atoms with Crippen LogP contribution in [0.1, 0.15) is 37.8 Å². The van der Waals surface area contributed by atoms with Gasteiger partial charge in [0, 0.05) is 51.1 Å². The molecule has 2 aliphatic rings. The summed E-state index contributed by atoms with van der Waals surface area (Å²) >= 11 is 2.09. The van der Waals surface area contributed by atoms with Crippen molar-refractivity contribution < 1.29 is 0 Å². The number of guanidine groups is 1. The molecule has 2 fully saturated rings. The van der Waals surface area contributed by atoms with Gasteiger partial charge < -0.3 is 15.5 Å². The van der Waals surface area contributed by atoms with Crippen LogP contribution in [-0.2, 0) is 13.1 Å². The monoisotopic (exact) mass is 403 g/mol. The van der Waals surface area contributed by atoms with Crippen LogP contribution < -0.4 is 10.6 Å². The van der Waals surface area contributed by atoms with Gasteiger partial charge in [0.25, 0.3) is 0 Å². The lowest BCUT2D eigenvalue weighted by Gasteiger charge is -2.34. The van der Waals surface area contributed by atoms with Crippen LogP contribution in [0.15, 0.2) is 29.3 Å². The third kappa shape index (κ3) is 6.68. The third-order valence-corrected chi connectivity index (χ3v) is 7.10. The molecule has 0 saturated carbocycles. The molecule has 2 heterocycles. The Morgan fingerprint density at radius 2 is 1.82 bits per heavy atom. The summed E-state index contributed by atoms with van der Waals surface area (Å²) in [5.74, 6) is 2.25. The second kappa shape index (κ2) is 11.7. The molecule has 2 saturated heterocycles. The van der Waals surface area contributed by atoms with Crippen molar-refractivity contribution in [3.05, 3.63) is 35.4 Å². The number of nitrogens with one attached hydrogen (secondary N) is 2. The molecular weight excluding hydrogens is 366 g/mol. The van der Waals surface area contributed by atoms with E-state index in [-0.39, 0.29) is 0 Å². The zero-order valence-corrected chi connectivity index (χ0v) is 18.4. The van der Waals surface area contributed by atoms with Gasteiger partial charge in [0.15, 0.2) is 5.96 Å². The minimum absolute atomic E-state index is 0.734. The van der Waals surface area contributed by atoms with Crippen molar-refractivity contribution in [2.75, 3.05) is 51.6 Å². The number of likely N-dealkylation sites (N-methyl/N-ethyl adjacent to an activating group) is 1. The lowest BCUT2D eigenvalue weighted by Crippen LogP contribution is -2.45. The van der Waals surface area contributed by atoms with Gasteiger partial charge in [-0.15, -0.1) is 0 Å². The van der Waals surface area contributed by atoms with E-state index < -0.39 is 0 Å². The number of hydrogen-bond donors (Lipinski definition) is 2. The van der Waals surface area contributed by atoms with E-state index in [4.69, 9.17) is 4.99 Å². The molecular formula is C22H37N5S. The first-order valence-electron chi connectivity index (χ1n) is 10.9. The number of piperazine rings is 1. The fourth-order valence-electron chi connectivity index (χ4n) is 3.89. The first-order chi connectivity index (χ1) is 13.8. The van der Waals surface area contributed by atoms with Crippen molar-refractivity contribution in [2.45, 2.75) is 45.0 Å². The van der Waals surface area contributed by atoms with Crippen LogP contribution in [0.5, 0.6) is 0 Å². The van der Waals surface area contributed by atoms with E-state index in [1.165, 1.54) is 49.4 Å². The van der Waals surface area contributed by atoms with Gasteiger partial charge in [0.1, 0.15) is 0 Å². The van der Waals surface area contributed by atoms with Crippen LogP contribution in [0.25, 0.3) is 0 Å². The molecule has 28 heavy (non-hydrogen) atoms.